The van der Waals surface area contributed by atoms with Crippen LogP contribution in [0.15, 0.2) is 225 Å². The molecule has 93 heavy (non-hydrogen) atoms. The SMILES string of the molecule is CC(C)c1cc(-c2ccccc2)cc(C(C)C)c1-n1cc([C@](C)(c2[c-]cccc2)c2nccn2-c2c(C(C)C)cc(-c3ccccc3)cc2C(C)C)nc1-c1[c-]c(C(C)(c2[c-]cccc2)c2nccn2-c2c(C(C)C)cc(-c3ccccc3)cc2C(C)(C)C)ccc1.[Ir+3]. The maximum Gasteiger partial charge on any atom is 3.00 e. The largest absolute Gasteiger partial charge is 3.00 e. The molecule has 2 atom stereocenters. The van der Waals surface area contributed by atoms with Crippen LogP contribution in [0, 0.1) is 18.2 Å². The molecule has 0 saturated heterocycles. The molecular weight excluding hydrogens is 1310 g/mol. The monoisotopic (exact) mass is 1400 g/mol. The van der Waals surface area contributed by atoms with Gasteiger partial charge in [0.05, 0.1) is 28.3 Å². The predicted molar refractivity (Wildman–Crippen MR) is 382 cm³/mol. The molecule has 3 heterocycles. The first-order valence-corrected chi connectivity index (χ1v) is 33.0. The molecule has 0 amide bonds. The van der Waals surface area contributed by atoms with E-state index in [9.17, 15) is 0 Å². The van der Waals surface area contributed by atoms with Gasteiger partial charge in [-0.3, -0.25) is 4.98 Å². The molecule has 470 valence electrons. The molecular formula is C86H87IrN6. The van der Waals surface area contributed by atoms with E-state index < -0.39 is 10.8 Å². The number of hydrogen-bond donors (Lipinski definition) is 0. The smallest absolute Gasteiger partial charge is 0.339 e. The number of aromatic nitrogens is 6. The van der Waals surface area contributed by atoms with Crippen LogP contribution in [0.1, 0.15) is 201 Å². The zero-order chi connectivity index (χ0) is 64.8. The Balaban J connectivity index is 0.00000884. The Morgan fingerprint density at radius 1 is 0.376 bits per heavy atom. The number of hydrogen-bond acceptors (Lipinski definition) is 3. The third-order valence-electron chi connectivity index (χ3n) is 18.9. The minimum atomic E-state index is -0.962. The minimum Gasteiger partial charge on any atom is -0.339 e. The molecule has 3 aromatic heterocycles. The van der Waals surface area contributed by atoms with E-state index in [1.54, 1.807) is 0 Å². The summed E-state index contributed by atoms with van der Waals surface area (Å²) in [6.45, 7) is 34.7. The van der Waals surface area contributed by atoms with E-state index in [4.69, 9.17) is 15.0 Å². The molecule has 0 radical (unpaired) electrons. The van der Waals surface area contributed by atoms with Crippen molar-refractivity contribution in [2.75, 3.05) is 0 Å². The van der Waals surface area contributed by atoms with Gasteiger partial charge >= 0.3 is 20.1 Å². The van der Waals surface area contributed by atoms with Crippen LogP contribution in [0.2, 0.25) is 0 Å². The van der Waals surface area contributed by atoms with E-state index in [0.717, 1.165) is 62.5 Å². The fraction of sp³-hybridized carbons (Fsp3) is 0.267. The van der Waals surface area contributed by atoms with E-state index >= 15 is 0 Å². The van der Waals surface area contributed by atoms with Gasteiger partial charge in [-0.15, -0.1) is 46.5 Å². The van der Waals surface area contributed by atoms with Crippen molar-refractivity contribution in [1.82, 2.24) is 28.7 Å². The molecule has 0 fully saturated rings. The molecule has 0 saturated carbocycles. The first-order valence-electron chi connectivity index (χ1n) is 33.0. The zero-order valence-electron chi connectivity index (χ0n) is 56.8. The van der Waals surface area contributed by atoms with Gasteiger partial charge in [-0.1, -0.05) is 181 Å². The molecule has 0 N–H and O–H groups in total. The summed E-state index contributed by atoms with van der Waals surface area (Å²) in [5.74, 6) is 3.36. The van der Waals surface area contributed by atoms with Gasteiger partial charge in [0.15, 0.2) is 0 Å². The summed E-state index contributed by atoms with van der Waals surface area (Å²) in [4.78, 5) is 17.1. The van der Waals surface area contributed by atoms with Crippen molar-refractivity contribution in [3.8, 4) is 61.8 Å². The fourth-order valence-electron chi connectivity index (χ4n) is 13.8. The Kier molecular flexibility index (Phi) is 18.9. The van der Waals surface area contributed by atoms with Crippen LogP contribution in [0.5, 0.6) is 0 Å². The summed E-state index contributed by atoms with van der Waals surface area (Å²) in [5, 5.41) is 0. The average Bonchev–Trinajstić information content (AvgIpc) is 1.66. The maximum absolute atomic E-state index is 6.10. The van der Waals surface area contributed by atoms with Gasteiger partial charge in [-0.2, -0.15) is 60.7 Å². The molecule has 9 aromatic carbocycles. The van der Waals surface area contributed by atoms with Crippen molar-refractivity contribution in [3.63, 3.8) is 0 Å². The Bertz CT molecular complexity index is 4490. The van der Waals surface area contributed by atoms with Crippen molar-refractivity contribution in [1.29, 1.82) is 0 Å². The first kappa shape index (κ1) is 65.7. The molecule has 12 rings (SSSR count). The summed E-state index contributed by atoms with van der Waals surface area (Å²) >= 11 is 0. The third-order valence-corrected chi connectivity index (χ3v) is 18.9. The maximum atomic E-state index is 6.10. The molecule has 0 spiro atoms. The zero-order valence-corrected chi connectivity index (χ0v) is 59.2. The second-order valence-corrected chi connectivity index (χ2v) is 27.9. The standard InChI is InChI=1S/C86H87N6.Ir/c1-56(2)71-49-65(61-32-21-16-22-33-61)50-72(57(3)4)78(71)90-46-44-88-83(90)86(15,69-41-29-20-30-42-69)77-55-92(79-73(58(5)6)51-66(52-74(79)59(7)8)62-34-23-17-24-35-62)81(89-77)64-38-31-43-70(48-64)85(14,68-39-27-19-28-40-68)82-87-45-47-91(82)80-75(60(9)10)53-67(54-76(80)84(11,12)13)63-36-25-18-26-37-63;/h16-39,41,43-47,49-60H,1-15H3;/q-3;+3/t85?,86-;/m0./s1. The minimum absolute atomic E-state index is 0. The molecule has 6 nitrogen and oxygen atoms in total. The first-order chi connectivity index (χ1) is 44.2. The molecule has 0 bridgehead atoms. The van der Waals surface area contributed by atoms with Crippen LogP contribution in [-0.2, 0) is 36.4 Å². The van der Waals surface area contributed by atoms with Gasteiger partial charge in [0.1, 0.15) is 11.6 Å². The summed E-state index contributed by atoms with van der Waals surface area (Å²) in [6.07, 6.45) is 10.6. The number of imidazole rings is 3. The number of nitrogens with zero attached hydrogens (tertiary/aromatic N) is 6. The van der Waals surface area contributed by atoms with Crippen molar-refractivity contribution in [2.24, 2.45) is 0 Å². The summed E-state index contributed by atoms with van der Waals surface area (Å²) < 4.78 is 7.14. The summed E-state index contributed by atoms with van der Waals surface area (Å²) in [7, 11) is 0. The molecule has 0 aliphatic rings. The van der Waals surface area contributed by atoms with Crippen LogP contribution >= 0.6 is 0 Å². The Morgan fingerprint density at radius 3 is 1.17 bits per heavy atom. The molecule has 12 aromatic rings. The second-order valence-electron chi connectivity index (χ2n) is 27.9. The third kappa shape index (κ3) is 12.3. The topological polar surface area (TPSA) is 53.5 Å². The van der Waals surface area contributed by atoms with Crippen LogP contribution in [0.25, 0.3) is 61.8 Å². The van der Waals surface area contributed by atoms with Gasteiger partial charge in [0, 0.05) is 42.1 Å². The van der Waals surface area contributed by atoms with E-state index in [0.29, 0.717) is 0 Å². The summed E-state index contributed by atoms with van der Waals surface area (Å²) in [6, 6.07) is 81.8. The van der Waals surface area contributed by atoms with Gasteiger partial charge < -0.3 is 13.7 Å². The predicted octanol–water partition coefficient (Wildman–Crippen LogP) is 21.9. The van der Waals surface area contributed by atoms with E-state index in [-0.39, 0.29) is 55.1 Å². The van der Waals surface area contributed by atoms with Gasteiger partial charge in [-0.25, -0.2) is 9.97 Å². The Morgan fingerprint density at radius 2 is 0.753 bits per heavy atom. The normalized spacial score (nSPS) is 13.2. The Hall–Kier alpha value is -8.74. The van der Waals surface area contributed by atoms with Gasteiger partial charge in [0.2, 0.25) is 0 Å². The van der Waals surface area contributed by atoms with E-state index in [1.807, 2.05) is 30.6 Å². The van der Waals surface area contributed by atoms with E-state index in [1.165, 1.54) is 66.8 Å². The van der Waals surface area contributed by atoms with Crippen LogP contribution < -0.4 is 0 Å². The molecule has 7 heteroatoms. The average molecular weight is 1400 g/mol. The van der Waals surface area contributed by atoms with Crippen LogP contribution in [0.4, 0.5) is 0 Å². The second kappa shape index (κ2) is 26.7. The summed E-state index contributed by atoms with van der Waals surface area (Å²) in [5.41, 5.74) is 20.6. The van der Waals surface area contributed by atoms with Crippen molar-refractivity contribution >= 4 is 0 Å². The van der Waals surface area contributed by atoms with E-state index in [2.05, 4.69) is 330 Å². The molecule has 1 unspecified atom stereocenters. The van der Waals surface area contributed by atoms with Gasteiger partial charge in [0.25, 0.3) is 0 Å². The molecule has 0 aliphatic carbocycles. The quantitative estimate of drug-likeness (QED) is 0.0805. The van der Waals surface area contributed by atoms with Crippen LogP contribution in [-0.4, -0.2) is 28.7 Å². The van der Waals surface area contributed by atoms with Crippen molar-refractivity contribution < 1.29 is 20.1 Å². The van der Waals surface area contributed by atoms with Gasteiger partial charge in [-0.05, 0) is 152 Å². The Labute approximate surface area is 567 Å². The molecule has 0 aliphatic heterocycles. The van der Waals surface area contributed by atoms with Crippen molar-refractivity contribution in [2.45, 2.75) is 150 Å². The van der Waals surface area contributed by atoms with Crippen LogP contribution in [0.3, 0.4) is 0 Å². The fourth-order valence-corrected chi connectivity index (χ4v) is 13.8. The number of rotatable bonds is 18. The number of benzene rings is 9. The van der Waals surface area contributed by atoms with Crippen molar-refractivity contribution in [3.05, 3.63) is 311 Å².